The van der Waals surface area contributed by atoms with Crippen LogP contribution in [0.4, 0.5) is 0 Å². The second-order valence-electron chi connectivity index (χ2n) is 3.40. The van der Waals surface area contributed by atoms with Gasteiger partial charge in [-0.25, -0.2) is 0 Å². The fourth-order valence-electron chi connectivity index (χ4n) is 1.07. The molecule has 0 aliphatic carbocycles. The second-order valence-corrected chi connectivity index (χ2v) is 4.43. The van der Waals surface area contributed by atoms with Gasteiger partial charge in [0.2, 0.25) is 0 Å². The van der Waals surface area contributed by atoms with Gasteiger partial charge in [-0.05, 0) is 6.42 Å². The Bertz CT molecular complexity index is 278. The minimum Gasteiger partial charge on any atom is -0.377 e. The SMILES string of the molecule is CCC(N)CSCc1cc(COC)on1. The normalized spacial score (nSPS) is 13.0. The Hall–Kier alpha value is -0.520. The summed E-state index contributed by atoms with van der Waals surface area (Å²) in [6, 6.07) is 2.20. The van der Waals surface area contributed by atoms with E-state index >= 15 is 0 Å². The number of ether oxygens (including phenoxy) is 1. The molecule has 1 heterocycles. The van der Waals surface area contributed by atoms with E-state index in [-0.39, 0.29) is 6.04 Å². The van der Waals surface area contributed by atoms with Crippen molar-refractivity contribution >= 4 is 11.8 Å². The highest BCUT2D eigenvalue weighted by atomic mass is 32.2. The first kappa shape index (κ1) is 12.5. The average molecular weight is 230 g/mol. The number of thioether (sulfide) groups is 1. The van der Waals surface area contributed by atoms with Crippen LogP contribution >= 0.6 is 11.8 Å². The molecule has 1 aromatic heterocycles. The maximum atomic E-state index is 5.81. The molecule has 1 atom stereocenters. The molecule has 1 rings (SSSR count). The molecule has 1 unspecified atom stereocenters. The zero-order valence-electron chi connectivity index (χ0n) is 9.23. The van der Waals surface area contributed by atoms with Crippen molar-refractivity contribution in [2.24, 2.45) is 5.73 Å². The zero-order chi connectivity index (χ0) is 11.1. The van der Waals surface area contributed by atoms with Gasteiger partial charge in [-0.15, -0.1) is 0 Å². The third-order valence-electron chi connectivity index (χ3n) is 2.00. The molecule has 0 aliphatic rings. The van der Waals surface area contributed by atoms with E-state index in [0.717, 1.165) is 29.4 Å². The molecule has 0 aromatic carbocycles. The number of methoxy groups -OCH3 is 1. The third kappa shape index (κ3) is 4.68. The summed E-state index contributed by atoms with van der Waals surface area (Å²) in [5.41, 5.74) is 6.76. The van der Waals surface area contributed by atoms with Crippen LogP contribution in [0.1, 0.15) is 24.8 Å². The minimum atomic E-state index is 0.278. The summed E-state index contributed by atoms with van der Waals surface area (Å²) in [5, 5.41) is 3.94. The van der Waals surface area contributed by atoms with Gasteiger partial charge in [0.1, 0.15) is 6.61 Å². The standard InChI is InChI=1S/C10H18N2O2S/c1-3-8(11)6-15-7-9-4-10(5-13-2)14-12-9/h4,8H,3,5-7,11H2,1-2H3. The molecule has 1 aromatic rings. The fourth-order valence-corrected chi connectivity index (χ4v) is 2.07. The quantitative estimate of drug-likeness (QED) is 0.773. The van der Waals surface area contributed by atoms with Crippen molar-refractivity contribution in [2.45, 2.75) is 31.7 Å². The van der Waals surface area contributed by atoms with Crippen LogP contribution in [0.15, 0.2) is 10.6 Å². The Morgan fingerprint density at radius 3 is 3.13 bits per heavy atom. The molecular formula is C10H18N2O2S. The Morgan fingerprint density at radius 1 is 1.67 bits per heavy atom. The summed E-state index contributed by atoms with van der Waals surface area (Å²) >= 11 is 1.78. The molecular weight excluding hydrogens is 212 g/mol. The van der Waals surface area contributed by atoms with Crippen LogP contribution in [-0.2, 0) is 17.1 Å². The number of aromatic nitrogens is 1. The van der Waals surface area contributed by atoms with Crippen LogP contribution in [0.25, 0.3) is 0 Å². The number of rotatable bonds is 7. The lowest BCUT2D eigenvalue weighted by Crippen LogP contribution is -2.21. The molecule has 0 saturated carbocycles. The van der Waals surface area contributed by atoms with Crippen molar-refractivity contribution in [2.75, 3.05) is 12.9 Å². The molecule has 2 N–H and O–H groups in total. The van der Waals surface area contributed by atoms with Gasteiger partial charge in [-0.3, -0.25) is 0 Å². The Morgan fingerprint density at radius 2 is 2.47 bits per heavy atom. The van der Waals surface area contributed by atoms with Crippen LogP contribution in [0.2, 0.25) is 0 Å². The predicted molar refractivity (Wildman–Crippen MR) is 61.6 cm³/mol. The van der Waals surface area contributed by atoms with Crippen LogP contribution < -0.4 is 5.73 Å². The Balaban J connectivity index is 2.25. The van der Waals surface area contributed by atoms with Gasteiger partial charge in [-0.2, -0.15) is 11.8 Å². The predicted octanol–water partition coefficient (Wildman–Crippen LogP) is 1.79. The first-order valence-electron chi connectivity index (χ1n) is 5.03. The number of hydrogen-bond donors (Lipinski definition) is 1. The van der Waals surface area contributed by atoms with Gasteiger partial charge in [0.15, 0.2) is 5.76 Å². The average Bonchev–Trinajstić information content (AvgIpc) is 2.66. The highest BCUT2D eigenvalue weighted by Gasteiger charge is 2.05. The van der Waals surface area contributed by atoms with E-state index < -0.39 is 0 Å². The lowest BCUT2D eigenvalue weighted by atomic mass is 10.3. The first-order valence-corrected chi connectivity index (χ1v) is 6.18. The maximum Gasteiger partial charge on any atom is 0.162 e. The molecule has 15 heavy (non-hydrogen) atoms. The Labute approximate surface area is 94.5 Å². The van der Waals surface area contributed by atoms with E-state index in [4.69, 9.17) is 15.0 Å². The van der Waals surface area contributed by atoms with E-state index in [1.54, 1.807) is 18.9 Å². The van der Waals surface area contributed by atoms with Crippen LogP contribution in [0, 0.1) is 0 Å². The summed E-state index contributed by atoms with van der Waals surface area (Å²) in [7, 11) is 1.64. The summed E-state index contributed by atoms with van der Waals surface area (Å²) in [4.78, 5) is 0. The molecule has 0 fully saturated rings. The summed E-state index contributed by atoms with van der Waals surface area (Å²) in [6.07, 6.45) is 1.01. The molecule has 5 heteroatoms. The Kier molecular flexibility index (Phi) is 5.75. The van der Waals surface area contributed by atoms with E-state index in [9.17, 15) is 0 Å². The van der Waals surface area contributed by atoms with Crippen molar-refractivity contribution < 1.29 is 9.26 Å². The third-order valence-corrected chi connectivity index (χ3v) is 3.16. The summed E-state index contributed by atoms with van der Waals surface area (Å²) in [6.45, 7) is 2.57. The fraction of sp³-hybridized carbons (Fsp3) is 0.700. The van der Waals surface area contributed by atoms with E-state index in [0.29, 0.717) is 6.61 Å². The van der Waals surface area contributed by atoms with Crippen LogP contribution in [0.5, 0.6) is 0 Å². The minimum absolute atomic E-state index is 0.278. The van der Waals surface area contributed by atoms with Crippen molar-refractivity contribution in [3.63, 3.8) is 0 Å². The molecule has 4 nitrogen and oxygen atoms in total. The van der Waals surface area contributed by atoms with Gasteiger partial charge in [0, 0.05) is 30.7 Å². The lowest BCUT2D eigenvalue weighted by Gasteiger charge is -2.05. The van der Waals surface area contributed by atoms with Gasteiger partial charge >= 0.3 is 0 Å². The zero-order valence-corrected chi connectivity index (χ0v) is 10.0. The molecule has 0 spiro atoms. The maximum absolute atomic E-state index is 5.81. The first-order chi connectivity index (χ1) is 7.26. The van der Waals surface area contributed by atoms with Crippen molar-refractivity contribution in [3.8, 4) is 0 Å². The lowest BCUT2D eigenvalue weighted by molar-refractivity contribution is 0.156. The van der Waals surface area contributed by atoms with Crippen molar-refractivity contribution in [1.82, 2.24) is 5.16 Å². The van der Waals surface area contributed by atoms with Crippen LogP contribution in [-0.4, -0.2) is 24.1 Å². The molecule has 0 amide bonds. The summed E-state index contributed by atoms with van der Waals surface area (Å²) < 4.78 is 10.0. The van der Waals surface area contributed by atoms with Crippen LogP contribution in [0.3, 0.4) is 0 Å². The number of hydrogen-bond acceptors (Lipinski definition) is 5. The molecule has 0 radical (unpaired) electrons. The molecule has 0 saturated heterocycles. The van der Waals surface area contributed by atoms with Gasteiger partial charge < -0.3 is 15.0 Å². The summed E-state index contributed by atoms with van der Waals surface area (Å²) in [5.74, 6) is 2.58. The molecule has 0 bridgehead atoms. The molecule has 0 aliphatic heterocycles. The second kappa shape index (κ2) is 6.87. The van der Waals surface area contributed by atoms with E-state index in [1.807, 2.05) is 6.07 Å². The van der Waals surface area contributed by atoms with Crippen molar-refractivity contribution in [3.05, 3.63) is 17.5 Å². The van der Waals surface area contributed by atoms with Gasteiger partial charge in [0.25, 0.3) is 0 Å². The van der Waals surface area contributed by atoms with E-state index in [1.165, 1.54) is 0 Å². The smallest absolute Gasteiger partial charge is 0.162 e. The number of nitrogens with zero attached hydrogens (tertiary/aromatic N) is 1. The van der Waals surface area contributed by atoms with Gasteiger partial charge in [0.05, 0.1) is 5.69 Å². The van der Waals surface area contributed by atoms with E-state index in [2.05, 4.69) is 12.1 Å². The molecule has 86 valence electrons. The highest BCUT2D eigenvalue weighted by molar-refractivity contribution is 7.98. The highest BCUT2D eigenvalue weighted by Crippen LogP contribution is 2.14. The topological polar surface area (TPSA) is 61.3 Å². The number of nitrogens with two attached hydrogens (primary N) is 1. The largest absolute Gasteiger partial charge is 0.377 e. The van der Waals surface area contributed by atoms with Crippen molar-refractivity contribution in [1.29, 1.82) is 0 Å². The monoisotopic (exact) mass is 230 g/mol. The van der Waals surface area contributed by atoms with Gasteiger partial charge in [-0.1, -0.05) is 12.1 Å².